The molecular weight excluding hydrogens is 234 g/mol. The first-order valence-electron chi connectivity index (χ1n) is 5.25. The smallest absolute Gasteiger partial charge is 0.223 e. The molecule has 88 valence electrons. The van der Waals surface area contributed by atoms with Gasteiger partial charge < -0.3 is 5.32 Å². The van der Waals surface area contributed by atoms with E-state index in [0.29, 0.717) is 5.13 Å². The molecule has 1 aromatic carbocycles. The second-order valence-electron chi connectivity index (χ2n) is 3.89. The summed E-state index contributed by atoms with van der Waals surface area (Å²) in [5.41, 5.74) is 3.50. The van der Waals surface area contributed by atoms with E-state index in [2.05, 4.69) is 41.5 Å². The van der Waals surface area contributed by atoms with Crippen LogP contribution in [-0.4, -0.2) is 16.1 Å². The Kier molecular flexibility index (Phi) is 3.19. The van der Waals surface area contributed by atoms with Crippen LogP contribution in [0.25, 0.3) is 10.6 Å². The van der Waals surface area contributed by atoms with Gasteiger partial charge in [-0.15, -0.1) is 10.2 Å². The maximum atomic E-state index is 10.9. The lowest BCUT2D eigenvalue weighted by molar-refractivity contribution is -0.114. The first kappa shape index (κ1) is 11.7. The quantitative estimate of drug-likeness (QED) is 0.887. The van der Waals surface area contributed by atoms with Gasteiger partial charge in [-0.1, -0.05) is 23.5 Å². The lowest BCUT2D eigenvalue weighted by Gasteiger charge is -2.01. The number of nitrogens with one attached hydrogen (secondary N) is 1. The number of benzene rings is 1. The van der Waals surface area contributed by atoms with E-state index >= 15 is 0 Å². The standard InChI is InChI=1S/C12H13N3OS/c1-7-4-5-10(6-8(7)2)11-14-15-12(17-11)13-9(3)16/h4-6H,1-3H3,(H,13,15,16). The highest BCUT2D eigenvalue weighted by Crippen LogP contribution is 2.27. The summed E-state index contributed by atoms with van der Waals surface area (Å²) in [7, 11) is 0. The highest BCUT2D eigenvalue weighted by atomic mass is 32.1. The first-order valence-corrected chi connectivity index (χ1v) is 6.06. The third-order valence-corrected chi connectivity index (χ3v) is 3.35. The van der Waals surface area contributed by atoms with Gasteiger partial charge in [0.25, 0.3) is 0 Å². The molecule has 0 fully saturated rings. The summed E-state index contributed by atoms with van der Waals surface area (Å²) < 4.78 is 0. The minimum atomic E-state index is -0.132. The summed E-state index contributed by atoms with van der Waals surface area (Å²) in [6.07, 6.45) is 0. The van der Waals surface area contributed by atoms with Crippen molar-refractivity contribution in [2.24, 2.45) is 0 Å². The van der Waals surface area contributed by atoms with Gasteiger partial charge in [0.1, 0.15) is 5.01 Å². The van der Waals surface area contributed by atoms with Gasteiger partial charge in [-0.25, -0.2) is 0 Å². The Labute approximate surface area is 104 Å². The van der Waals surface area contributed by atoms with Crippen LogP contribution in [0.1, 0.15) is 18.1 Å². The van der Waals surface area contributed by atoms with Crippen molar-refractivity contribution in [2.45, 2.75) is 20.8 Å². The molecule has 0 saturated carbocycles. The Morgan fingerprint density at radius 2 is 2.00 bits per heavy atom. The number of carbonyl (C=O) groups excluding carboxylic acids is 1. The van der Waals surface area contributed by atoms with Crippen LogP contribution in [0.3, 0.4) is 0 Å². The number of rotatable bonds is 2. The van der Waals surface area contributed by atoms with E-state index in [0.717, 1.165) is 10.6 Å². The van der Waals surface area contributed by atoms with Crippen LogP contribution >= 0.6 is 11.3 Å². The van der Waals surface area contributed by atoms with Crippen LogP contribution in [0.2, 0.25) is 0 Å². The van der Waals surface area contributed by atoms with Crippen LogP contribution in [0.15, 0.2) is 18.2 Å². The van der Waals surface area contributed by atoms with E-state index in [-0.39, 0.29) is 5.91 Å². The number of aromatic nitrogens is 2. The molecule has 1 heterocycles. The van der Waals surface area contributed by atoms with Gasteiger partial charge in [0, 0.05) is 12.5 Å². The van der Waals surface area contributed by atoms with Crippen molar-refractivity contribution < 1.29 is 4.79 Å². The zero-order valence-electron chi connectivity index (χ0n) is 9.94. The molecule has 2 aromatic rings. The molecule has 1 amide bonds. The minimum Gasteiger partial charge on any atom is -0.301 e. The molecule has 0 saturated heterocycles. The first-order chi connectivity index (χ1) is 8.06. The van der Waals surface area contributed by atoms with Crippen molar-refractivity contribution in [3.05, 3.63) is 29.3 Å². The second kappa shape index (κ2) is 4.63. The molecule has 0 aliphatic heterocycles. The molecule has 4 nitrogen and oxygen atoms in total. The van der Waals surface area contributed by atoms with Gasteiger partial charge in [0.2, 0.25) is 11.0 Å². The lowest BCUT2D eigenvalue weighted by Crippen LogP contribution is -2.04. The van der Waals surface area contributed by atoms with Gasteiger partial charge in [-0.3, -0.25) is 4.79 Å². The average Bonchev–Trinajstić information content (AvgIpc) is 2.69. The molecule has 0 radical (unpaired) electrons. The molecule has 1 aromatic heterocycles. The predicted molar refractivity (Wildman–Crippen MR) is 69.1 cm³/mol. The van der Waals surface area contributed by atoms with Crippen molar-refractivity contribution in [1.29, 1.82) is 0 Å². The Balaban J connectivity index is 2.30. The summed E-state index contributed by atoms with van der Waals surface area (Å²) in [5, 5.41) is 12.0. The van der Waals surface area contributed by atoms with Gasteiger partial charge in [-0.2, -0.15) is 0 Å². The highest BCUT2D eigenvalue weighted by molar-refractivity contribution is 7.18. The van der Waals surface area contributed by atoms with Gasteiger partial charge in [0.05, 0.1) is 0 Å². The van der Waals surface area contributed by atoms with Crippen molar-refractivity contribution in [1.82, 2.24) is 10.2 Å². The van der Waals surface area contributed by atoms with E-state index in [1.54, 1.807) is 0 Å². The number of hydrogen-bond acceptors (Lipinski definition) is 4. The Hall–Kier alpha value is -1.75. The van der Waals surface area contributed by atoms with Crippen LogP contribution in [-0.2, 0) is 4.79 Å². The molecule has 0 aliphatic carbocycles. The number of carbonyl (C=O) groups is 1. The third kappa shape index (κ3) is 2.68. The largest absolute Gasteiger partial charge is 0.301 e. The van der Waals surface area contributed by atoms with Gasteiger partial charge in [0.15, 0.2) is 0 Å². The Morgan fingerprint density at radius 1 is 1.24 bits per heavy atom. The predicted octanol–water partition coefficient (Wildman–Crippen LogP) is 2.78. The fourth-order valence-corrected chi connectivity index (χ4v) is 2.20. The molecule has 0 bridgehead atoms. The number of aryl methyl sites for hydroxylation is 2. The Morgan fingerprint density at radius 3 is 2.65 bits per heavy atom. The van der Waals surface area contributed by atoms with E-state index in [1.165, 1.54) is 29.4 Å². The maximum Gasteiger partial charge on any atom is 0.223 e. The van der Waals surface area contributed by atoms with Gasteiger partial charge in [-0.05, 0) is 31.0 Å². The maximum absolute atomic E-state index is 10.9. The second-order valence-corrected chi connectivity index (χ2v) is 4.87. The lowest BCUT2D eigenvalue weighted by atomic mass is 10.1. The number of amides is 1. The fraction of sp³-hybridized carbons (Fsp3) is 0.250. The van der Waals surface area contributed by atoms with Gasteiger partial charge >= 0.3 is 0 Å². The monoisotopic (exact) mass is 247 g/mol. The zero-order chi connectivity index (χ0) is 12.4. The fourth-order valence-electron chi connectivity index (χ4n) is 1.42. The van der Waals surface area contributed by atoms with Crippen LogP contribution in [0.5, 0.6) is 0 Å². The average molecular weight is 247 g/mol. The molecule has 0 aliphatic rings. The van der Waals surface area contributed by atoms with E-state index in [4.69, 9.17) is 0 Å². The van der Waals surface area contributed by atoms with Crippen molar-refractivity contribution >= 4 is 22.4 Å². The van der Waals surface area contributed by atoms with E-state index < -0.39 is 0 Å². The molecule has 5 heteroatoms. The highest BCUT2D eigenvalue weighted by Gasteiger charge is 2.08. The summed E-state index contributed by atoms with van der Waals surface area (Å²) >= 11 is 1.37. The summed E-state index contributed by atoms with van der Waals surface area (Å²) in [4.78, 5) is 10.9. The van der Waals surface area contributed by atoms with Crippen molar-refractivity contribution in [2.75, 3.05) is 5.32 Å². The molecule has 1 N–H and O–H groups in total. The SMILES string of the molecule is CC(=O)Nc1nnc(-c2ccc(C)c(C)c2)s1. The molecule has 17 heavy (non-hydrogen) atoms. The number of nitrogens with zero attached hydrogens (tertiary/aromatic N) is 2. The third-order valence-electron chi connectivity index (χ3n) is 2.46. The number of hydrogen-bond donors (Lipinski definition) is 1. The summed E-state index contributed by atoms with van der Waals surface area (Å²) in [5.74, 6) is -0.132. The van der Waals surface area contributed by atoms with Crippen LogP contribution < -0.4 is 5.32 Å². The molecule has 0 unspecified atom stereocenters. The summed E-state index contributed by atoms with van der Waals surface area (Å²) in [6.45, 7) is 5.59. The molecular formula is C12H13N3OS. The normalized spacial score (nSPS) is 10.3. The topological polar surface area (TPSA) is 54.9 Å². The molecule has 2 rings (SSSR count). The molecule has 0 spiro atoms. The zero-order valence-corrected chi connectivity index (χ0v) is 10.8. The van der Waals surface area contributed by atoms with E-state index in [9.17, 15) is 4.79 Å². The summed E-state index contributed by atoms with van der Waals surface area (Å²) in [6, 6.07) is 6.15. The van der Waals surface area contributed by atoms with E-state index in [1.807, 2.05) is 6.07 Å². The number of anilines is 1. The van der Waals surface area contributed by atoms with Crippen molar-refractivity contribution in [3.63, 3.8) is 0 Å². The van der Waals surface area contributed by atoms with Crippen LogP contribution in [0.4, 0.5) is 5.13 Å². The molecule has 0 atom stereocenters. The van der Waals surface area contributed by atoms with Crippen LogP contribution in [0, 0.1) is 13.8 Å². The Bertz CT molecular complexity index is 563. The minimum absolute atomic E-state index is 0.132. The van der Waals surface area contributed by atoms with Crippen molar-refractivity contribution in [3.8, 4) is 10.6 Å².